The normalized spacial score (nSPS) is 10.7. The number of benzene rings is 1. The molecule has 0 aliphatic heterocycles. The van der Waals surface area contributed by atoms with E-state index in [1.165, 1.54) is 84.5 Å². The van der Waals surface area contributed by atoms with Crippen LogP contribution in [-0.4, -0.2) is 119 Å². The van der Waals surface area contributed by atoms with Crippen molar-refractivity contribution in [1.29, 1.82) is 0 Å². The summed E-state index contributed by atoms with van der Waals surface area (Å²) in [6, 6.07) is 5.79. The van der Waals surface area contributed by atoms with Crippen LogP contribution >= 0.6 is 0 Å². The number of para-hydroxylation sites is 1. The third kappa shape index (κ3) is 24.1. The Morgan fingerprint density at radius 2 is 0.950 bits per heavy atom. The molecule has 1 aromatic rings. The van der Waals surface area contributed by atoms with Crippen LogP contribution in [-0.2, 0) is 4.74 Å². The molecule has 0 amide bonds. The van der Waals surface area contributed by atoms with Gasteiger partial charge in [0, 0.05) is 0 Å². The van der Waals surface area contributed by atoms with Gasteiger partial charge in [0.2, 0.25) is 6.86 Å². The summed E-state index contributed by atoms with van der Waals surface area (Å²) in [7, 11) is 3.96. The van der Waals surface area contributed by atoms with Gasteiger partial charge in [0.05, 0.1) is 80.0 Å². The Hall–Kier alpha value is -1.76. The van der Waals surface area contributed by atoms with E-state index in [2.05, 4.69) is 88.2 Å². The molecule has 0 fully saturated rings. The van der Waals surface area contributed by atoms with Gasteiger partial charge in [-0.2, -0.15) is 0 Å². The minimum absolute atomic E-state index is 0.0323. The molecule has 1 rings (SSSR count). The lowest BCUT2D eigenvalue weighted by atomic mass is 10.2. The molecule has 0 bridgehead atoms. The Labute approximate surface area is 245 Å². The van der Waals surface area contributed by atoms with E-state index in [-0.39, 0.29) is 11.3 Å². The second-order valence-electron chi connectivity index (χ2n) is 10.1. The molecule has 0 aliphatic carbocycles. The maximum absolute atomic E-state index is 11.5. The number of carbonyl (C=O) groups excluding carboxylic acids is 1. The van der Waals surface area contributed by atoms with Gasteiger partial charge in [-0.05, 0) is 74.4 Å². The zero-order valence-electron chi connectivity index (χ0n) is 27.7. The number of esters is 1. The van der Waals surface area contributed by atoms with Gasteiger partial charge in [0.25, 0.3) is 0 Å². The van der Waals surface area contributed by atoms with Gasteiger partial charge in [-0.15, -0.1) is 0 Å². The molecule has 0 aliphatic rings. The van der Waals surface area contributed by atoms with Crippen molar-refractivity contribution in [2.45, 2.75) is 62.3 Å². The molecule has 0 atom stereocenters. The van der Waals surface area contributed by atoms with Crippen LogP contribution in [0.5, 0.6) is 5.75 Å². The summed E-state index contributed by atoms with van der Waals surface area (Å²) in [5.74, 6) is -1.08. The Morgan fingerprint density at radius 3 is 1.12 bits per heavy atom. The number of hydrogen-bond acceptors (Lipinski definition) is 6. The fourth-order valence-corrected chi connectivity index (χ4v) is 2.79. The number of rotatable bonds is 11. The van der Waals surface area contributed by atoms with E-state index in [0.29, 0.717) is 0 Å². The van der Waals surface area contributed by atoms with E-state index in [0.717, 1.165) is 0 Å². The zero-order chi connectivity index (χ0) is 32.4. The van der Waals surface area contributed by atoms with Crippen LogP contribution in [0.3, 0.4) is 0 Å². The second-order valence-corrected chi connectivity index (χ2v) is 10.1. The molecule has 238 valence electrons. The van der Waals surface area contributed by atoms with E-state index in [1.807, 2.05) is 0 Å². The first kappa shape index (κ1) is 45.2. The zero-order valence-corrected chi connectivity index (χ0v) is 27.7. The first-order valence-corrected chi connectivity index (χ1v) is 14.5. The number of alkyl halides is 1. The first-order valence-electron chi connectivity index (χ1n) is 14.5. The molecule has 9 nitrogen and oxygen atoms in total. The Balaban J connectivity index is -0.000000210. The standard InChI is InChI=1S/C8H7FO3.3C7H18N.BO3/c9-5-12-8(11)6-3-1-2-4-7(6)10;3*1-5-8(4,6-2)7-3;2-1(3)4/h1-4,10H,5H2;3*5-7H2,1-4H3;/q;3*+1;-3. The average molecular weight is 578 g/mol. The van der Waals surface area contributed by atoms with Gasteiger partial charge in [0.15, 0.2) is 0 Å². The van der Waals surface area contributed by atoms with Crippen molar-refractivity contribution in [2.24, 2.45) is 0 Å². The number of phenolic OH excluding ortho intramolecular Hbond substituents is 1. The highest BCUT2D eigenvalue weighted by atomic mass is 19.1. The summed E-state index contributed by atoms with van der Waals surface area (Å²) in [5, 5.41) is 34.3. The number of nitrogens with zero attached hydrogens (tertiary/aromatic N) is 3. The van der Waals surface area contributed by atoms with Gasteiger partial charge in [-0.25, -0.2) is 9.18 Å². The second kappa shape index (κ2) is 26.2. The molecule has 0 unspecified atom stereocenters. The topological polar surface area (TPSA) is 116 Å². The van der Waals surface area contributed by atoms with Gasteiger partial charge < -0.3 is 38.4 Å². The third-order valence-corrected chi connectivity index (χ3v) is 8.18. The fourth-order valence-electron chi connectivity index (χ4n) is 2.79. The molecule has 1 N–H and O–H groups in total. The lowest BCUT2D eigenvalue weighted by Gasteiger charge is -2.35. The number of hydrogen-bond donors (Lipinski definition) is 1. The number of halogens is 1. The lowest BCUT2D eigenvalue weighted by Crippen LogP contribution is -2.56. The maximum atomic E-state index is 11.5. The number of quaternary nitrogens is 3. The van der Waals surface area contributed by atoms with Crippen molar-refractivity contribution in [3.63, 3.8) is 0 Å². The van der Waals surface area contributed by atoms with Crippen LogP contribution in [0.15, 0.2) is 24.3 Å². The van der Waals surface area contributed by atoms with Gasteiger partial charge in [-0.1, -0.05) is 12.1 Å². The lowest BCUT2D eigenvalue weighted by molar-refractivity contribution is -0.904. The molecule has 0 saturated carbocycles. The summed E-state index contributed by atoms with van der Waals surface area (Å²) < 4.78 is 19.2. The predicted octanol–water partition coefficient (Wildman–Crippen LogP) is 2.01. The highest BCUT2D eigenvalue weighted by molar-refractivity contribution is 6.24. The van der Waals surface area contributed by atoms with Crippen molar-refractivity contribution in [1.82, 2.24) is 0 Å². The number of aromatic hydroxyl groups is 1. The Bertz CT molecular complexity index is 646. The summed E-state index contributed by atoms with van der Waals surface area (Å²) in [6.07, 6.45) is 0. The highest BCUT2D eigenvalue weighted by Crippen LogP contribution is 2.16. The van der Waals surface area contributed by atoms with E-state index >= 15 is 0 Å². The van der Waals surface area contributed by atoms with Crippen LogP contribution in [0.25, 0.3) is 0 Å². The van der Waals surface area contributed by atoms with Crippen molar-refractivity contribution >= 4 is 13.3 Å². The molecular weight excluding hydrogens is 516 g/mol. The van der Waals surface area contributed by atoms with E-state index < -0.39 is 20.2 Å². The molecule has 11 heteroatoms. The van der Waals surface area contributed by atoms with Crippen molar-refractivity contribution in [3.8, 4) is 5.75 Å². The molecule has 0 heterocycles. The van der Waals surface area contributed by atoms with Crippen LogP contribution in [0, 0.1) is 0 Å². The molecule has 0 spiro atoms. The van der Waals surface area contributed by atoms with E-state index in [1.54, 1.807) is 12.1 Å². The Kier molecular flexibility index (Phi) is 29.6. The smallest absolute Gasteiger partial charge is 0.344 e. The van der Waals surface area contributed by atoms with Crippen LogP contribution in [0.2, 0.25) is 0 Å². The minimum atomic E-state index is -2.92. The number of ether oxygens (including phenoxy) is 1. The molecule has 1 aromatic carbocycles. The van der Waals surface area contributed by atoms with Gasteiger partial charge in [-0.3, -0.25) is 7.32 Å². The van der Waals surface area contributed by atoms with Crippen molar-refractivity contribution in [2.75, 3.05) is 86.9 Å². The predicted molar refractivity (Wildman–Crippen MR) is 159 cm³/mol. The highest BCUT2D eigenvalue weighted by Gasteiger charge is 2.12. The summed E-state index contributed by atoms with van der Waals surface area (Å²) in [4.78, 5) is 10.8. The molecule has 0 radical (unpaired) electrons. The molecule has 40 heavy (non-hydrogen) atoms. The van der Waals surface area contributed by atoms with Gasteiger partial charge in [0.1, 0.15) is 11.3 Å². The third-order valence-electron chi connectivity index (χ3n) is 8.18. The largest absolute Gasteiger partial charge is 0.907 e. The maximum Gasteiger partial charge on any atom is 0.344 e. The van der Waals surface area contributed by atoms with Crippen LogP contribution < -0.4 is 15.1 Å². The Morgan fingerprint density at radius 1 is 0.700 bits per heavy atom. The first-order chi connectivity index (χ1) is 18.5. The minimum Gasteiger partial charge on any atom is -0.907 e. The van der Waals surface area contributed by atoms with Crippen molar-refractivity contribution < 1.29 is 47.5 Å². The molecular formula is C29H61BFN3O6. The summed E-state index contributed by atoms with van der Waals surface area (Å²) >= 11 is 0. The number of carbonyl (C=O) groups is 1. The van der Waals surface area contributed by atoms with E-state index in [9.17, 15) is 9.18 Å². The molecule has 0 saturated heterocycles. The molecule has 0 aromatic heterocycles. The quantitative estimate of drug-likeness (QED) is 0.245. The van der Waals surface area contributed by atoms with Crippen LogP contribution in [0.1, 0.15) is 72.7 Å². The average Bonchev–Trinajstić information content (AvgIpc) is 2.97. The van der Waals surface area contributed by atoms with Gasteiger partial charge >= 0.3 is 5.97 Å². The fraction of sp³-hybridized carbons (Fsp3) is 0.759. The number of phenols is 1. The monoisotopic (exact) mass is 577 g/mol. The SMILES string of the molecule is CC[N+](C)(CC)CC.CC[N+](C)(CC)CC.CC[N+](C)(CC)CC.O=C(OCF)c1ccccc1O.[O-]B([O-])[O-]. The van der Waals surface area contributed by atoms with Crippen molar-refractivity contribution in [3.05, 3.63) is 29.8 Å². The van der Waals surface area contributed by atoms with E-state index in [4.69, 9.17) is 20.2 Å². The summed E-state index contributed by atoms with van der Waals surface area (Å²) in [6.45, 7) is 30.3. The summed E-state index contributed by atoms with van der Waals surface area (Å²) in [5.41, 5.74) is -0.0323. The van der Waals surface area contributed by atoms with Crippen LogP contribution in [0.4, 0.5) is 4.39 Å².